The quantitative estimate of drug-likeness (QED) is 0.293. The van der Waals surface area contributed by atoms with Gasteiger partial charge in [0.05, 0.1) is 32.8 Å². The Morgan fingerprint density at radius 1 is 1.26 bits per heavy atom. The molecule has 8 rings (SSSR count). The number of benzene rings is 2. The number of rotatable bonds is 4. The molecule has 3 atom stereocenters. The normalized spacial score (nSPS) is 24.2. The first-order valence-corrected chi connectivity index (χ1v) is 16.7. The lowest BCUT2D eigenvalue weighted by Gasteiger charge is -2.34. The van der Waals surface area contributed by atoms with Gasteiger partial charge in [-0.05, 0) is 37.4 Å². The molecule has 1 unspecified atom stereocenters. The van der Waals surface area contributed by atoms with Gasteiger partial charge < -0.3 is 25.4 Å². The molecule has 6 heterocycles. The molecule has 0 spiro atoms. The summed E-state index contributed by atoms with van der Waals surface area (Å²) < 4.78 is 59.2. The number of carbonyl (C=O) groups is 1. The fraction of sp³-hybridized carbons (Fsp3) is 0.438. The Bertz CT molecular complexity index is 2020. The second-order valence-electron chi connectivity index (χ2n) is 12.5. The third-order valence-corrected chi connectivity index (χ3v) is 11.2. The highest BCUT2D eigenvalue weighted by atomic mass is 35.5. The van der Waals surface area contributed by atoms with Crippen molar-refractivity contribution >= 4 is 60.7 Å². The number of hydrogen-bond acceptors (Lipinski definition) is 10. The number of nitrogens with one attached hydrogen (secondary N) is 1. The van der Waals surface area contributed by atoms with Gasteiger partial charge in [-0.1, -0.05) is 17.7 Å². The second kappa shape index (κ2) is 11.3. The lowest BCUT2D eigenvalue weighted by molar-refractivity contribution is -0.122. The minimum atomic E-state index is -0.972. The number of hydrogen-bond donors (Lipinski definition) is 2. The van der Waals surface area contributed by atoms with Gasteiger partial charge in [0.2, 0.25) is 5.91 Å². The van der Waals surface area contributed by atoms with Crippen LogP contribution in [0.3, 0.4) is 0 Å². The standard InChI is InChI=1S/C32H29ClF3N7O3S/c33-23-21(16-3-4-18(35)27-20(16)17(12-37)28(38)47-27)24(36)25-22-26(23)45-10-5-19-30(44)39-7-2-9-43(19)29(22)41-31(40-25)46-14-32-6-1-8-42(32)13-15(34)11-32/h3-4,15,19H,1-2,5-11,13-14,38H2,(H,39,44)/t15-,19?,32+/m1/s1. The Morgan fingerprint density at radius 2 is 2.11 bits per heavy atom. The van der Waals surface area contributed by atoms with Crippen LogP contribution in [-0.4, -0.2) is 77.9 Å². The molecule has 3 saturated heterocycles. The highest BCUT2D eigenvalue weighted by Gasteiger charge is 2.49. The van der Waals surface area contributed by atoms with Crippen LogP contribution in [0.15, 0.2) is 12.1 Å². The van der Waals surface area contributed by atoms with Gasteiger partial charge in [-0.2, -0.15) is 15.2 Å². The van der Waals surface area contributed by atoms with Crippen LogP contribution < -0.4 is 25.4 Å². The summed E-state index contributed by atoms with van der Waals surface area (Å²) in [5.41, 5.74) is 5.39. The first-order valence-electron chi connectivity index (χ1n) is 15.5. The summed E-state index contributed by atoms with van der Waals surface area (Å²) in [5, 5.41) is 13.1. The number of alkyl halides is 1. The predicted octanol–water partition coefficient (Wildman–Crippen LogP) is 5.33. The van der Waals surface area contributed by atoms with Gasteiger partial charge in [-0.15, -0.1) is 11.3 Å². The van der Waals surface area contributed by atoms with Crippen molar-refractivity contribution in [2.75, 3.05) is 50.0 Å². The average Bonchev–Trinajstić information content (AvgIpc) is 3.64. The molecule has 3 N–H and O–H groups in total. The zero-order valence-corrected chi connectivity index (χ0v) is 26.6. The highest BCUT2D eigenvalue weighted by Crippen LogP contribution is 2.51. The largest absolute Gasteiger partial charge is 0.491 e. The monoisotopic (exact) mass is 683 g/mol. The number of nitrogens with zero attached hydrogens (tertiary/aromatic N) is 5. The van der Waals surface area contributed by atoms with Gasteiger partial charge in [-0.3, -0.25) is 9.69 Å². The van der Waals surface area contributed by atoms with Crippen molar-refractivity contribution in [1.82, 2.24) is 20.2 Å². The SMILES string of the molecule is N#Cc1c(N)sc2c(F)ccc(-c3c(Cl)c4c5c(nc(OC[C@@]67CCCN6C[C@H](F)C7)nc5c3F)N3CCCNC(=O)C3CCO4)c12. The van der Waals surface area contributed by atoms with E-state index in [2.05, 4.69) is 15.2 Å². The van der Waals surface area contributed by atoms with E-state index in [9.17, 15) is 18.8 Å². The van der Waals surface area contributed by atoms with Gasteiger partial charge >= 0.3 is 6.01 Å². The number of nitrogens with two attached hydrogens (primary N) is 1. The third-order valence-electron chi connectivity index (χ3n) is 9.84. The minimum Gasteiger partial charge on any atom is -0.491 e. The van der Waals surface area contributed by atoms with Crippen LogP contribution in [0.5, 0.6) is 11.8 Å². The fourth-order valence-electron chi connectivity index (χ4n) is 7.72. The number of fused-ring (bicyclic) bond motifs is 4. The predicted molar refractivity (Wildman–Crippen MR) is 172 cm³/mol. The van der Waals surface area contributed by atoms with E-state index in [1.165, 1.54) is 12.1 Å². The molecule has 47 heavy (non-hydrogen) atoms. The molecule has 15 heteroatoms. The Labute approximate surface area is 276 Å². The number of ether oxygens (including phenoxy) is 2. The van der Waals surface area contributed by atoms with Crippen LogP contribution in [-0.2, 0) is 4.79 Å². The first-order chi connectivity index (χ1) is 22.7. The van der Waals surface area contributed by atoms with Crippen molar-refractivity contribution in [2.24, 2.45) is 0 Å². The van der Waals surface area contributed by atoms with Crippen molar-refractivity contribution in [3.63, 3.8) is 0 Å². The molecule has 0 saturated carbocycles. The van der Waals surface area contributed by atoms with Crippen molar-refractivity contribution < 1.29 is 27.4 Å². The lowest BCUT2D eigenvalue weighted by atomic mass is 9.95. The Kier molecular flexibility index (Phi) is 7.27. The topological polar surface area (TPSA) is 130 Å². The first kappa shape index (κ1) is 30.3. The third kappa shape index (κ3) is 4.65. The van der Waals surface area contributed by atoms with E-state index in [1.54, 1.807) is 0 Å². The summed E-state index contributed by atoms with van der Waals surface area (Å²) in [6.07, 6.45) is 1.89. The molecular formula is C32H29ClF3N7O3S. The van der Waals surface area contributed by atoms with Crippen LogP contribution in [0.4, 0.5) is 24.0 Å². The number of aromatic nitrogens is 2. The van der Waals surface area contributed by atoms with E-state index < -0.39 is 29.4 Å². The van der Waals surface area contributed by atoms with Crippen LogP contribution >= 0.6 is 22.9 Å². The fourth-order valence-corrected chi connectivity index (χ4v) is 9.01. The Morgan fingerprint density at radius 3 is 2.94 bits per heavy atom. The van der Waals surface area contributed by atoms with Gasteiger partial charge in [0.15, 0.2) is 11.6 Å². The van der Waals surface area contributed by atoms with Crippen LogP contribution in [0.25, 0.3) is 32.1 Å². The van der Waals surface area contributed by atoms with Gasteiger partial charge in [0.1, 0.15) is 47.0 Å². The maximum Gasteiger partial charge on any atom is 0.319 e. The summed E-state index contributed by atoms with van der Waals surface area (Å²) in [5.74, 6) is -1.36. The smallest absolute Gasteiger partial charge is 0.319 e. The Balaban J connectivity index is 1.37. The number of nitriles is 1. The molecule has 0 aliphatic carbocycles. The number of thiophene rings is 1. The van der Waals surface area contributed by atoms with E-state index in [0.717, 1.165) is 30.7 Å². The summed E-state index contributed by atoms with van der Waals surface area (Å²) in [7, 11) is 0. The minimum absolute atomic E-state index is 0.00701. The molecule has 2 aromatic carbocycles. The zero-order valence-electron chi connectivity index (χ0n) is 25.0. The van der Waals surface area contributed by atoms with Crippen LogP contribution in [0, 0.1) is 23.0 Å². The summed E-state index contributed by atoms with van der Waals surface area (Å²) in [4.78, 5) is 26.4. The maximum absolute atomic E-state index is 17.2. The molecule has 2 aromatic heterocycles. The van der Waals surface area contributed by atoms with Crippen molar-refractivity contribution in [3.8, 4) is 29.0 Å². The molecule has 0 radical (unpaired) electrons. The Hall–Kier alpha value is -4.06. The van der Waals surface area contributed by atoms with E-state index in [1.807, 2.05) is 11.0 Å². The van der Waals surface area contributed by atoms with Crippen LogP contribution in [0.2, 0.25) is 5.02 Å². The summed E-state index contributed by atoms with van der Waals surface area (Å²) in [6, 6.07) is 3.74. The van der Waals surface area contributed by atoms with E-state index in [4.69, 9.17) is 31.8 Å². The molecule has 4 aliphatic heterocycles. The lowest BCUT2D eigenvalue weighted by Crippen LogP contribution is -2.46. The van der Waals surface area contributed by atoms with Gasteiger partial charge in [0.25, 0.3) is 0 Å². The maximum atomic E-state index is 17.2. The molecule has 3 fully saturated rings. The van der Waals surface area contributed by atoms with Crippen molar-refractivity contribution in [1.29, 1.82) is 5.26 Å². The summed E-state index contributed by atoms with van der Waals surface area (Å²) in [6.45, 7) is 2.15. The number of anilines is 2. The van der Waals surface area contributed by atoms with Crippen LogP contribution in [0.1, 0.15) is 37.7 Å². The molecular weight excluding hydrogens is 655 g/mol. The second-order valence-corrected chi connectivity index (χ2v) is 13.9. The molecule has 1 amide bonds. The van der Waals surface area contributed by atoms with Gasteiger partial charge in [-0.25, -0.2) is 13.2 Å². The van der Waals surface area contributed by atoms with Gasteiger partial charge in [0, 0.05) is 43.4 Å². The van der Waals surface area contributed by atoms with Crippen molar-refractivity contribution in [2.45, 2.75) is 49.9 Å². The average molecular weight is 684 g/mol. The number of carbonyl (C=O) groups excluding carboxylic acids is 1. The zero-order chi connectivity index (χ0) is 32.6. The number of halogens is 4. The molecule has 244 valence electrons. The van der Waals surface area contributed by atoms with E-state index >= 15 is 4.39 Å². The van der Waals surface area contributed by atoms with Crippen molar-refractivity contribution in [3.05, 3.63) is 34.4 Å². The van der Waals surface area contributed by atoms with E-state index in [-0.39, 0.29) is 90.8 Å². The molecule has 4 aromatic rings. The highest BCUT2D eigenvalue weighted by molar-refractivity contribution is 7.23. The van der Waals surface area contributed by atoms with E-state index in [0.29, 0.717) is 32.5 Å². The molecule has 0 bridgehead atoms. The number of amides is 1. The molecule has 10 nitrogen and oxygen atoms in total. The summed E-state index contributed by atoms with van der Waals surface area (Å²) >= 11 is 7.89. The number of nitrogen functional groups attached to an aromatic ring is 1. The molecule has 4 aliphatic rings.